The Kier molecular flexibility index (Phi) is 4.41. The second-order valence-electron chi connectivity index (χ2n) is 4.90. The van der Waals surface area contributed by atoms with Gasteiger partial charge in [-0.3, -0.25) is 4.79 Å². The number of nitrogens with zero attached hydrogens (tertiary/aromatic N) is 6. The van der Waals surface area contributed by atoms with Crippen LogP contribution in [0.4, 0.5) is 5.69 Å². The smallest absolute Gasteiger partial charge is 0.268 e. The Morgan fingerprint density at radius 2 is 2.26 bits per heavy atom. The van der Waals surface area contributed by atoms with E-state index in [1.807, 2.05) is 0 Å². The van der Waals surface area contributed by atoms with Gasteiger partial charge in [-0.1, -0.05) is 12.0 Å². The Labute approximate surface area is 111 Å². The minimum atomic E-state index is -0.149. The molecule has 0 atom stereocenters. The average Bonchev–Trinajstić information content (AvgIpc) is 2.42. The summed E-state index contributed by atoms with van der Waals surface area (Å²) in [6.45, 7) is 4.77. The van der Waals surface area contributed by atoms with Crippen molar-refractivity contribution in [2.75, 3.05) is 24.5 Å². The Hall–Kier alpha value is -2.01. The molecule has 0 radical (unpaired) electrons. The maximum atomic E-state index is 11.9. The van der Waals surface area contributed by atoms with Crippen LogP contribution in [0.3, 0.4) is 0 Å². The quantitative estimate of drug-likeness (QED) is 0.471. The zero-order chi connectivity index (χ0) is 13.7. The minimum absolute atomic E-state index is 0.149. The Morgan fingerprint density at radius 3 is 2.89 bits per heavy atom. The Bertz CT molecular complexity index is 525. The number of piperidine rings is 1. The highest BCUT2D eigenvalue weighted by molar-refractivity contribution is 5.43. The molecule has 0 aromatic carbocycles. The molecule has 1 saturated heterocycles. The van der Waals surface area contributed by atoms with Crippen molar-refractivity contribution in [3.63, 3.8) is 0 Å². The van der Waals surface area contributed by atoms with Crippen LogP contribution in [0.25, 0.3) is 10.4 Å². The number of aromatic nitrogens is 2. The lowest BCUT2D eigenvalue weighted by Gasteiger charge is -2.31. The highest BCUT2D eigenvalue weighted by Gasteiger charge is 2.16. The fraction of sp³-hybridized carbons (Fsp3) is 0.667. The fourth-order valence-electron chi connectivity index (χ4n) is 2.22. The van der Waals surface area contributed by atoms with Gasteiger partial charge in [0.25, 0.3) is 5.56 Å². The van der Waals surface area contributed by atoms with Gasteiger partial charge in [-0.2, -0.15) is 5.10 Å². The van der Waals surface area contributed by atoms with Gasteiger partial charge in [0, 0.05) is 30.6 Å². The SMILES string of the molecule is CC1CCN(c2cnn(CCN=[N+]=[N-])c(=O)c2)CC1. The molecule has 19 heavy (non-hydrogen) atoms. The molecule has 1 aliphatic rings. The van der Waals surface area contributed by atoms with Crippen LogP contribution in [0.1, 0.15) is 19.8 Å². The summed E-state index contributed by atoms with van der Waals surface area (Å²) >= 11 is 0. The standard InChI is InChI=1S/C12H18N6O/c1-10-2-5-17(6-3-10)11-8-12(19)18(15-9-11)7-4-14-16-13/h8-10H,2-7H2,1H3. The van der Waals surface area contributed by atoms with E-state index in [2.05, 4.69) is 26.9 Å². The van der Waals surface area contributed by atoms with E-state index in [4.69, 9.17) is 5.53 Å². The molecule has 2 rings (SSSR count). The third-order valence-corrected chi connectivity index (χ3v) is 3.48. The molecule has 0 aliphatic carbocycles. The zero-order valence-electron chi connectivity index (χ0n) is 11.1. The molecule has 7 heteroatoms. The van der Waals surface area contributed by atoms with Crippen molar-refractivity contribution in [1.82, 2.24) is 9.78 Å². The summed E-state index contributed by atoms with van der Waals surface area (Å²) in [7, 11) is 0. The summed E-state index contributed by atoms with van der Waals surface area (Å²) in [5.74, 6) is 0.758. The van der Waals surface area contributed by atoms with Gasteiger partial charge >= 0.3 is 0 Å². The number of hydrogen-bond donors (Lipinski definition) is 0. The molecule has 1 aromatic rings. The van der Waals surface area contributed by atoms with Gasteiger partial charge in [-0.25, -0.2) is 4.68 Å². The van der Waals surface area contributed by atoms with Gasteiger partial charge in [0.2, 0.25) is 0 Å². The van der Waals surface area contributed by atoms with Crippen LogP contribution in [-0.2, 0) is 6.54 Å². The molecular formula is C12H18N6O. The van der Waals surface area contributed by atoms with Crippen molar-refractivity contribution in [3.05, 3.63) is 33.1 Å². The average molecular weight is 262 g/mol. The van der Waals surface area contributed by atoms with E-state index in [0.29, 0.717) is 6.54 Å². The first-order valence-electron chi connectivity index (χ1n) is 6.53. The van der Waals surface area contributed by atoms with Crippen LogP contribution in [0.2, 0.25) is 0 Å². The summed E-state index contributed by atoms with van der Waals surface area (Å²) in [6, 6.07) is 1.61. The second-order valence-corrected chi connectivity index (χ2v) is 4.90. The maximum absolute atomic E-state index is 11.9. The molecule has 1 aromatic heterocycles. The summed E-state index contributed by atoms with van der Waals surface area (Å²) in [6.07, 6.45) is 4.02. The lowest BCUT2D eigenvalue weighted by atomic mass is 9.99. The summed E-state index contributed by atoms with van der Waals surface area (Å²) in [4.78, 5) is 16.7. The molecule has 0 unspecified atom stereocenters. The van der Waals surface area contributed by atoms with Crippen molar-refractivity contribution in [2.45, 2.75) is 26.3 Å². The van der Waals surface area contributed by atoms with Crippen molar-refractivity contribution < 1.29 is 0 Å². The number of rotatable bonds is 4. The molecule has 0 N–H and O–H groups in total. The maximum Gasteiger partial charge on any atom is 0.268 e. The van der Waals surface area contributed by atoms with Crippen molar-refractivity contribution >= 4 is 5.69 Å². The van der Waals surface area contributed by atoms with Crippen LogP contribution in [0.15, 0.2) is 22.2 Å². The van der Waals surface area contributed by atoms with E-state index in [9.17, 15) is 4.79 Å². The second kappa shape index (κ2) is 6.24. The van der Waals surface area contributed by atoms with Crippen LogP contribution in [0, 0.1) is 5.92 Å². The third kappa shape index (κ3) is 3.48. The molecule has 0 spiro atoms. The number of anilines is 1. The monoisotopic (exact) mass is 262 g/mol. The molecule has 1 fully saturated rings. The number of hydrogen-bond acceptors (Lipinski definition) is 4. The Balaban J connectivity index is 2.06. The topological polar surface area (TPSA) is 86.9 Å². The van der Waals surface area contributed by atoms with Gasteiger partial charge in [0.15, 0.2) is 0 Å². The highest BCUT2D eigenvalue weighted by atomic mass is 16.1. The predicted octanol–water partition coefficient (Wildman–Crippen LogP) is 1.79. The van der Waals surface area contributed by atoms with Crippen LogP contribution >= 0.6 is 0 Å². The predicted molar refractivity (Wildman–Crippen MR) is 73.1 cm³/mol. The van der Waals surface area contributed by atoms with Gasteiger partial charge < -0.3 is 4.90 Å². The molecule has 0 bridgehead atoms. The van der Waals surface area contributed by atoms with Crippen LogP contribution < -0.4 is 10.5 Å². The lowest BCUT2D eigenvalue weighted by molar-refractivity contribution is 0.437. The molecule has 7 nitrogen and oxygen atoms in total. The first-order valence-corrected chi connectivity index (χ1v) is 6.53. The van der Waals surface area contributed by atoms with Gasteiger partial charge in [-0.15, -0.1) is 0 Å². The van der Waals surface area contributed by atoms with Crippen molar-refractivity contribution in [1.29, 1.82) is 0 Å². The van der Waals surface area contributed by atoms with Crippen LogP contribution in [-0.4, -0.2) is 29.4 Å². The first kappa shape index (κ1) is 13.4. The van der Waals surface area contributed by atoms with Crippen molar-refractivity contribution in [3.8, 4) is 0 Å². The molecular weight excluding hydrogens is 244 g/mol. The first-order chi connectivity index (χ1) is 9.20. The summed E-state index contributed by atoms with van der Waals surface area (Å²) < 4.78 is 1.32. The molecule has 0 saturated carbocycles. The largest absolute Gasteiger partial charge is 0.370 e. The zero-order valence-corrected chi connectivity index (χ0v) is 11.1. The van der Waals surface area contributed by atoms with E-state index in [-0.39, 0.29) is 12.1 Å². The highest BCUT2D eigenvalue weighted by Crippen LogP contribution is 2.20. The van der Waals surface area contributed by atoms with E-state index in [1.54, 1.807) is 12.3 Å². The Morgan fingerprint density at radius 1 is 1.53 bits per heavy atom. The van der Waals surface area contributed by atoms with E-state index >= 15 is 0 Å². The van der Waals surface area contributed by atoms with Crippen molar-refractivity contribution in [2.24, 2.45) is 11.0 Å². The normalized spacial score (nSPS) is 16.2. The number of azide groups is 1. The van der Waals surface area contributed by atoms with Gasteiger partial charge in [0.05, 0.1) is 18.4 Å². The van der Waals surface area contributed by atoms with Crippen LogP contribution in [0.5, 0.6) is 0 Å². The third-order valence-electron chi connectivity index (χ3n) is 3.48. The summed E-state index contributed by atoms with van der Waals surface area (Å²) in [5.41, 5.74) is 8.93. The van der Waals surface area contributed by atoms with Gasteiger partial charge in [0.1, 0.15) is 0 Å². The minimum Gasteiger partial charge on any atom is -0.370 e. The molecule has 102 valence electrons. The van der Waals surface area contributed by atoms with E-state index < -0.39 is 0 Å². The molecule has 1 aliphatic heterocycles. The summed E-state index contributed by atoms with van der Waals surface area (Å²) in [5, 5.41) is 7.52. The lowest BCUT2D eigenvalue weighted by Crippen LogP contribution is -2.34. The van der Waals surface area contributed by atoms with E-state index in [0.717, 1.165) is 37.5 Å². The van der Waals surface area contributed by atoms with Gasteiger partial charge in [-0.05, 0) is 24.3 Å². The molecule has 2 heterocycles. The van der Waals surface area contributed by atoms with E-state index in [1.165, 1.54) is 4.68 Å². The molecule has 0 amide bonds. The fourth-order valence-corrected chi connectivity index (χ4v) is 2.22.